The zero-order chi connectivity index (χ0) is 16.0. The van der Waals surface area contributed by atoms with Crippen LogP contribution in [0.4, 0.5) is 5.69 Å². The van der Waals surface area contributed by atoms with Gasteiger partial charge in [0.2, 0.25) is 5.91 Å². The molecule has 114 valence electrons. The topological polar surface area (TPSA) is 57.7 Å². The van der Waals surface area contributed by atoms with Gasteiger partial charge in [-0.05, 0) is 30.2 Å². The zero-order valence-electron chi connectivity index (χ0n) is 12.4. The summed E-state index contributed by atoms with van der Waals surface area (Å²) in [6.07, 6.45) is 0.796. The summed E-state index contributed by atoms with van der Waals surface area (Å²) < 4.78 is 0. The molecule has 0 saturated heterocycles. The first-order valence-electron chi connectivity index (χ1n) is 7.50. The van der Waals surface area contributed by atoms with Crippen molar-refractivity contribution in [3.8, 4) is 0 Å². The Bertz CT molecular complexity index is 809. The first kappa shape index (κ1) is 13.7. The molecule has 0 spiro atoms. The highest BCUT2D eigenvalue weighted by Crippen LogP contribution is 2.28. The summed E-state index contributed by atoms with van der Waals surface area (Å²) in [5.41, 5.74) is 2.72. The van der Waals surface area contributed by atoms with Crippen LogP contribution in [0.5, 0.6) is 0 Å². The van der Waals surface area contributed by atoms with Crippen molar-refractivity contribution in [1.82, 2.24) is 4.90 Å². The Morgan fingerprint density at radius 3 is 2.22 bits per heavy atom. The van der Waals surface area contributed by atoms with Crippen molar-refractivity contribution in [2.45, 2.75) is 6.42 Å². The molecule has 0 aromatic heterocycles. The lowest BCUT2D eigenvalue weighted by Crippen LogP contribution is -2.42. The van der Waals surface area contributed by atoms with Crippen molar-refractivity contribution in [2.75, 3.05) is 18.0 Å². The summed E-state index contributed by atoms with van der Waals surface area (Å²) in [5.74, 6) is -1.03. The molecule has 5 heteroatoms. The predicted molar refractivity (Wildman–Crippen MR) is 84.3 cm³/mol. The molecule has 2 aromatic carbocycles. The summed E-state index contributed by atoms with van der Waals surface area (Å²) in [7, 11) is 0. The number of para-hydroxylation sites is 1. The summed E-state index contributed by atoms with van der Waals surface area (Å²) in [6.45, 7) is 0.363. The van der Waals surface area contributed by atoms with Crippen LogP contribution in [0.3, 0.4) is 0 Å². The second-order valence-electron chi connectivity index (χ2n) is 5.67. The van der Waals surface area contributed by atoms with E-state index in [1.807, 2.05) is 24.3 Å². The van der Waals surface area contributed by atoms with Gasteiger partial charge in [0.05, 0.1) is 11.1 Å². The molecule has 2 aromatic rings. The van der Waals surface area contributed by atoms with Crippen LogP contribution in [0, 0.1) is 0 Å². The van der Waals surface area contributed by atoms with Crippen molar-refractivity contribution in [3.05, 3.63) is 65.2 Å². The molecule has 0 bridgehead atoms. The Balaban J connectivity index is 1.57. The molecule has 0 radical (unpaired) electrons. The molecule has 0 atom stereocenters. The van der Waals surface area contributed by atoms with Gasteiger partial charge in [-0.15, -0.1) is 0 Å². The molecular formula is C18H14N2O3. The van der Waals surface area contributed by atoms with Gasteiger partial charge in [-0.1, -0.05) is 30.3 Å². The Morgan fingerprint density at radius 1 is 0.913 bits per heavy atom. The maximum atomic E-state index is 12.6. The molecule has 4 rings (SSSR count). The van der Waals surface area contributed by atoms with Gasteiger partial charge in [-0.2, -0.15) is 0 Å². The highest BCUT2D eigenvalue weighted by molar-refractivity contribution is 6.22. The Kier molecular flexibility index (Phi) is 3.01. The van der Waals surface area contributed by atoms with Gasteiger partial charge in [-0.25, -0.2) is 0 Å². The lowest BCUT2D eigenvalue weighted by molar-refractivity contribution is -0.118. The quantitative estimate of drug-likeness (QED) is 0.796. The van der Waals surface area contributed by atoms with E-state index >= 15 is 0 Å². The highest BCUT2D eigenvalue weighted by Gasteiger charge is 2.37. The molecule has 2 aliphatic rings. The van der Waals surface area contributed by atoms with E-state index in [1.54, 1.807) is 29.2 Å². The average Bonchev–Trinajstić information content (AvgIpc) is 3.11. The lowest BCUT2D eigenvalue weighted by Gasteiger charge is -2.20. The molecule has 0 fully saturated rings. The minimum Gasteiger partial charge on any atom is -0.310 e. The number of carbonyl (C=O) groups excluding carboxylic acids is 3. The number of carbonyl (C=O) groups is 3. The van der Waals surface area contributed by atoms with E-state index in [0.29, 0.717) is 17.7 Å². The van der Waals surface area contributed by atoms with Crippen molar-refractivity contribution >= 4 is 23.4 Å². The summed E-state index contributed by atoms with van der Waals surface area (Å²) in [5, 5.41) is 0. The largest absolute Gasteiger partial charge is 0.310 e. The molecule has 2 heterocycles. The average molecular weight is 306 g/mol. The summed E-state index contributed by atoms with van der Waals surface area (Å²) in [4.78, 5) is 39.9. The fourth-order valence-electron chi connectivity index (χ4n) is 3.20. The molecule has 3 amide bonds. The molecular weight excluding hydrogens is 292 g/mol. The minimum atomic E-state index is -0.397. The molecule has 23 heavy (non-hydrogen) atoms. The first-order chi connectivity index (χ1) is 11.2. The van der Waals surface area contributed by atoms with Crippen LogP contribution < -0.4 is 4.90 Å². The molecule has 0 saturated carbocycles. The minimum absolute atomic E-state index is 0.222. The van der Waals surface area contributed by atoms with Crippen LogP contribution in [0.2, 0.25) is 0 Å². The van der Waals surface area contributed by atoms with Crippen LogP contribution >= 0.6 is 0 Å². The maximum Gasteiger partial charge on any atom is 0.262 e. The second-order valence-corrected chi connectivity index (χ2v) is 5.67. The number of benzene rings is 2. The van der Waals surface area contributed by atoms with Crippen LogP contribution in [-0.4, -0.2) is 35.7 Å². The number of nitrogens with zero attached hydrogens (tertiary/aromatic N) is 2. The molecule has 0 unspecified atom stereocenters. The lowest BCUT2D eigenvalue weighted by atomic mass is 10.1. The van der Waals surface area contributed by atoms with Crippen LogP contribution in [0.15, 0.2) is 48.5 Å². The van der Waals surface area contributed by atoms with Gasteiger partial charge in [0.1, 0.15) is 6.54 Å². The number of anilines is 1. The van der Waals surface area contributed by atoms with Crippen molar-refractivity contribution < 1.29 is 14.4 Å². The van der Waals surface area contributed by atoms with Crippen molar-refractivity contribution in [3.63, 3.8) is 0 Å². The number of rotatable bonds is 2. The van der Waals surface area contributed by atoms with E-state index in [1.165, 1.54) is 0 Å². The number of fused-ring (bicyclic) bond motifs is 2. The van der Waals surface area contributed by atoms with Gasteiger partial charge >= 0.3 is 0 Å². The maximum absolute atomic E-state index is 12.6. The Labute approximate surface area is 133 Å². The monoisotopic (exact) mass is 306 g/mol. The van der Waals surface area contributed by atoms with Crippen LogP contribution in [0.1, 0.15) is 26.3 Å². The number of imide groups is 1. The van der Waals surface area contributed by atoms with E-state index in [4.69, 9.17) is 0 Å². The normalized spacial score (nSPS) is 15.8. The number of hydrogen-bond donors (Lipinski definition) is 0. The standard InChI is InChI=1S/C18H14N2O3/c21-16(19-10-9-12-5-1-4-8-15(12)19)11-20-17(22)13-6-2-3-7-14(13)18(20)23/h1-8H,9-11H2. The van der Waals surface area contributed by atoms with Crippen LogP contribution in [-0.2, 0) is 11.2 Å². The van der Waals surface area contributed by atoms with E-state index in [0.717, 1.165) is 22.6 Å². The third kappa shape index (κ3) is 2.04. The van der Waals surface area contributed by atoms with E-state index in [2.05, 4.69) is 0 Å². The Morgan fingerprint density at radius 2 is 1.52 bits per heavy atom. The fourth-order valence-corrected chi connectivity index (χ4v) is 3.20. The number of amides is 3. The zero-order valence-corrected chi connectivity index (χ0v) is 12.4. The smallest absolute Gasteiger partial charge is 0.262 e. The van der Waals surface area contributed by atoms with E-state index < -0.39 is 11.8 Å². The molecule has 2 aliphatic heterocycles. The molecule has 0 N–H and O–H groups in total. The van der Waals surface area contributed by atoms with E-state index in [9.17, 15) is 14.4 Å². The third-order valence-electron chi connectivity index (χ3n) is 4.36. The van der Waals surface area contributed by atoms with Gasteiger partial charge in [0.15, 0.2) is 0 Å². The van der Waals surface area contributed by atoms with Crippen molar-refractivity contribution in [1.29, 1.82) is 0 Å². The van der Waals surface area contributed by atoms with Crippen LogP contribution in [0.25, 0.3) is 0 Å². The van der Waals surface area contributed by atoms with Gasteiger partial charge in [0.25, 0.3) is 11.8 Å². The Hall–Kier alpha value is -2.95. The highest BCUT2D eigenvalue weighted by atomic mass is 16.2. The van der Waals surface area contributed by atoms with Crippen molar-refractivity contribution in [2.24, 2.45) is 0 Å². The summed E-state index contributed by atoms with van der Waals surface area (Å²) >= 11 is 0. The van der Waals surface area contributed by atoms with E-state index in [-0.39, 0.29) is 12.5 Å². The van der Waals surface area contributed by atoms with Gasteiger partial charge in [-0.3, -0.25) is 19.3 Å². The second kappa shape index (κ2) is 5.05. The predicted octanol–water partition coefficient (Wildman–Crippen LogP) is 1.87. The first-order valence-corrected chi connectivity index (χ1v) is 7.50. The SMILES string of the molecule is O=C1c2ccccc2C(=O)N1CC(=O)N1CCc2ccccc21. The third-order valence-corrected chi connectivity index (χ3v) is 4.36. The number of hydrogen-bond acceptors (Lipinski definition) is 3. The fraction of sp³-hybridized carbons (Fsp3) is 0.167. The summed E-state index contributed by atoms with van der Waals surface area (Å²) in [6, 6.07) is 14.4. The van der Waals surface area contributed by atoms with Gasteiger partial charge in [0, 0.05) is 12.2 Å². The molecule has 0 aliphatic carbocycles. The van der Waals surface area contributed by atoms with Gasteiger partial charge < -0.3 is 4.90 Å². The molecule has 5 nitrogen and oxygen atoms in total.